The van der Waals surface area contributed by atoms with Crippen molar-refractivity contribution in [3.63, 3.8) is 0 Å². The van der Waals surface area contributed by atoms with Gasteiger partial charge in [0.05, 0.1) is 12.2 Å². The fourth-order valence-electron chi connectivity index (χ4n) is 1.81. The van der Waals surface area contributed by atoms with Crippen molar-refractivity contribution in [2.45, 2.75) is 6.42 Å². The summed E-state index contributed by atoms with van der Waals surface area (Å²) in [5.74, 6) is 2.15. The van der Waals surface area contributed by atoms with Gasteiger partial charge in [-0.3, -0.25) is 4.79 Å². The van der Waals surface area contributed by atoms with E-state index in [0.717, 1.165) is 11.1 Å². The summed E-state index contributed by atoms with van der Waals surface area (Å²) in [4.78, 5) is 11.8. The lowest BCUT2D eigenvalue weighted by molar-refractivity contribution is -0.116. The minimum atomic E-state index is -0.362. The van der Waals surface area contributed by atoms with E-state index in [9.17, 15) is 9.18 Å². The first-order valence-corrected chi connectivity index (χ1v) is 6.24. The monoisotopic (exact) mass is 267 g/mol. The van der Waals surface area contributed by atoms with Crippen LogP contribution < -0.4 is 5.32 Å². The summed E-state index contributed by atoms with van der Waals surface area (Å²) in [5.41, 5.74) is 2.01. The molecule has 0 aromatic heterocycles. The standard InChI is InChI=1S/C17H14FNO/c1-2-13-7-9-14(10-8-13)11-15(20)12-19-17-6-4-3-5-16(17)18/h1,3-10,19H,11-12H2. The molecule has 0 atom stereocenters. The highest BCUT2D eigenvalue weighted by Crippen LogP contribution is 2.12. The largest absolute Gasteiger partial charge is 0.376 e. The number of anilines is 1. The molecule has 2 nitrogen and oxygen atoms in total. The smallest absolute Gasteiger partial charge is 0.156 e. The SMILES string of the molecule is C#Cc1ccc(CC(=O)CNc2ccccc2F)cc1. The Bertz CT molecular complexity index is 641. The Hall–Kier alpha value is -2.60. The Morgan fingerprint density at radius 1 is 1.15 bits per heavy atom. The summed E-state index contributed by atoms with van der Waals surface area (Å²) in [6.07, 6.45) is 5.56. The number of terminal acetylenes is 1. The zero-order valence-electron chi connectivity index (χ0n) is 10.9. The van der Waals surface area contributed by atoms with Crippen LogP contribution in [0.2, 0.25) is 0 Å². The maximum Gasteiger partial charge on any atom is 0.156 e. The molecule has 2 aromatic carbocycles. The molecule has 0 heterocycles. The first kappa shape index (κ1) is 13.8. The molecule has 20 heavy (non-hydrogen) atoms. The predicted molar refractivity (Wildman–Crippen MR) is 78.0 cm³/mol. The van der Waals surface area contributed by atoms with Crippen molar-refractivity contribution in [2.24, 2.45) is 0 Å². The number of hydrogen-bond donors (Lipinski definition) is 1. The van der Waals surface area contributed by atoms with Crippen LogP contribution in [0.1, 0.15) is 11.1 Å². The van der Waals surface area contributed by atoms with Crippen LogP contribution in [0.15, 0.2) is 48.5 Å². The van der Waals surface area contributed by atoms with Gasteiger partial charge in [-0.2, -0.15) is 0 Å². The van der Waals surface area contributed by atoms with Crippen LogP contribution in [-0.4, -0.2) is 12.3 Å². The van der Waals surface area contributed by atoms with Gasteiger partial charge in [0.15, 0.2) is 5.78 Å². The van der Waals surface area contributed by atoms with E-state index in [1.807, 2.05) is 12.1 Å². The number of carbonyl (C=O) groups is 1. The molecule has 0 amide bonds. The second-order valence-electron chi connectivity index (χ2n) is 4.39. The molecule has 0 fully saturated rings. The third kappa shape index (κ3) is 3.69. The zero-order chi connectivity index (χ0) is 14.4. The molecule has 0 radical (unpaired) electrons. The number of halogens is 1. The summed E-state index contributed by atoms with van der Waals surface area (Å²) in [6, 6.07) is 13.5. The number of nitrogens with one attached hydrogen (secondary N) is 1. The molecule has 0 saturated carbocycles. The maximum absolute atomic E-state index is 13.4. The Labute approximate surface area is 117 Å². The number of carbonyl (C=O) groups excluding carboxylic acids is 1. The Morgan fingerprint density at radius 2 is 1.85 bits per heavy atom. The summed E-state index contributed by atoms with van der Waals surface area (Å²) in [6.45, 7) is 0.0951. The highest BCUT2D eigenvalue weighted by atomic mass is 19.1. The summed E-state index contributed by atoms with van der Waals surface area (Å²) >= 11 is 0. The topological polar surface area (TPSA) is 29.1 Å². The maximum atomic E-state index is 13.4. The van der Waals surface area contributed by atoms with Gasteiger partial charge < -0.3 is 5.32 Å². The summed E-state index contributed by atoms with van der Waals surface area (Å²) in [7, 11) is 0. The lowest BCUT2D eigenvalue weighted by Gasteiger charge is -2.06. The molecule has 3 heteroatoms. The van der Waals surface area contributed by atoms with Gasteiger partial charge >= 0.3 is 0 Å². The molecule has 0 aliphatic carbocycles. The normalized spacial score (nSPS) is 9.80. The number of Topliss-reactive ketones (excluding diaryl/α,β-unsaturated/α-hetero) is 1. The van der Waals surface area contributed by atoms with Crippen molar-refractivity contribution in [3.8, 4) is 12.3 Å². The van der Waals surface area contributed by atoms with E-state index in [2.05, 4.69) is 11.2 Å². The van der Waals surface area contributed by atoms with Crippen LogP contribution >= 0.6 is 0 Å². The second kappa shape index (κ2) is 6.53. The van der Waals surface area contributed by atoms with Crippen molar-refractivity contribution in [1.29, 1.82) is 0 Å². The fraction of sp³-hybridized carbons (Fsp3) is 0.118. The summed E-state index contributed by atoms with van der Waals surface area (Å²) < 4.78 is 13.4. The Balaban J connectivity index is 1.89. The molecule has 0 aliphatic heterocycles. The van der Waals surface area contributed by atoms with E-state index in [1.54, 1.807) is 30.3 Å². The van der Waals surface area contributed by atoms with Crippen molar-refractivity contribution in [2.75, 3.05) is 11.9 Å². The van der Waals surface area contributed by atoms with Crippen LogP contribution in [0.25, 0.3) is 0 Å². The molecule has 0 aliphatic rings. The van der Waals surface area contributed by atoms with Crippen LogP contribution in [0.3, 0.4) is 0 Å². The fourth-order valence-corrected chi connectivity index (χ4v) is 1.81. The minimum Gasteiger partial charge on any atom is -0.376 e. The van der Waals surface area contributed by atoms with E-state index in [0.29, 0.717) is 12.1 Å². The highest BCUT2D eigenvalue weighted by molar-refractivity contribution is 5.85. The zero-order valence-corrected chi connectivity index (χ0v) is 10.9. The van der Waals surface area contributed by atoms with E-state index < -0.39 is 0 Å². The minimum absolute atomic E-state index is 0.0123. The average Bonchev–Trinajstić information content (AvgIpc) is 2.47. The van der Waals surface area contributed by atoms with E-state index in [1.165, 1.54) is 6.07 Å². The van der Waals surface area contributed by atoms with Gasteiger partial charge in [0.1, 0.15) is 5.82 Å². The van der Waals surface area contributed by atoms with Gasteiger partial charge in [0.25, 0.3) is 0 Å². The third-order valence-corrected chi connectivity index (χ3v) is 2.87. The molecular formula is C17H14FNO. The molecule has 2 rings (SSSR count). The Kier molecular flexibility index (Phi) is 4.52. The molecular weight excluding hydrogens is 253 g/mol. The first-order valence-electron chi connectivity index (χ1n) is 6.24. The number of ketones is 1. The molecule has 1 N–H and O–H groups in total. The van der Waals surface area contributed by atoms with Gasteiger partial charge in [-0.1, -0.05) is 30.2 Å². The number of rotatable bonds is 5. The quantitative estimate of drug-likeness (QED) is 0.844. The van der Waals surface area contributed by atoms with Gasteiger partial charge in [-0.25, -0.2) is 4.39 Å². The van der Waals surface area contributed by atoms with Crippen molar-refractivity contribution >= 4 is 11.5 Å². The van der Waals surface area contributed by atoms with E-state index >= 15 is 0 Å². The number of hydrogen-bond acceptors (Lipinski definition) is 2. The lowest BCUT2D eigenvalue weighted by Crippen LogP contribution is -2.16. The summed E-state index contributed by atoms with van der Waals surface area (Å²) in [5, 5.41) is 2.80. The molecule has 2 aromatic rings. The van der Waals surface area contributed by atoms with Gasteiger partial charge in [-0.15, -0.1) is 6.42 Å². The van der Waals surface area contributed by atoms with Gasteiger partial charge in [0, 0.05) is 12.0 Å². The molecule has 0 spiro atoms. The second-order valence-corrected chi connectivity index (χ2v) is 4.39. The lowest BCUT2D eigenvalue weighted by atomic mass is 10.1. The molecule has 0 saturated heterocycles. The molecule has 0 bridgehead atoms. The number of para-hydroxylation sites is 1. The predicted octanol–water partition coefficient (Wildman–Crippen LogP) is 3.03. The van der Waals surface area contributed by atoms with Crippen molar-refractivity contribution in [1.82, 2.24) is 0 Å². The first-order chi connectivity index (χ1) is 9.69. The Morgan fingerprint density at radius 3 is 2.50 bits per heavy atom. The van der Waals surface area contributed by atoms with Crippen LogP contribution in [0, 0.1) is 18.2 Å². The highest BCUT2D eigenvalue weighted by Gasteiger charge is 2.05. The van der Waals surface area contributed by atoms with E-state index in [-0.39, 0.29) is 18.1 Å². The molecule has 0 unspecified atom stereocenters. The van der Waals surface area contributed by atoms with Crippen molar-refractivity contribution in [3.05, 3.63) is 65.5 Å². The van der Waals surface area contributed by atoms with Crippen LogP contribution in [-0.2, 0) is 11.2 Å². The van der Waals surface area contributed by atoms with Crippen molar-refractivity contribution < 1.29 is 9.18 Å². The van der Waals surface area contributed by atoms with Gasteiger partial charge in [-0.05, 0) is 29.8 Å². The van der Waals surface area contributed by atoms with Crippen LogP contribution in [0.5, 0.6) is 0 Å². The van der Waals surface area contributed by atoms with Gasteiger partial charge in [0.2, 0.25) is 0 Å². The third-order valence-electron chi connectivity index (χ3n) is 2.87. The molecule has 100 valence electrons. The van der Waals surface area contributed by atoms with Crippen LogP contribution in [0.4, 0.5) is 10.1 Å². The van der Waals surface area contributed by atoms with E-state index in [4.69, 9.17) is 6.42 Å². The average molecular weight is 267 g/mol. The number of benzene rings is 2.